The Morgan fingerprint density at radius 1 is 1.23 bits per heavy atom. The van der Waals surface area contributed by atoms with Crippen molar-refractivity contribution in [3.05, 3.63) is 23.8 Å². The summed E-state index contributed by atoms with van der Waals surface area (Å²) in [5, 5.41) is 6.69. The molecule has 0 unspecified atom stereocenters. The summed E-state index contributed by atoms with van der Waals surface area (Å²) in [6.07, 6.45) is 0.901. The Hall–Kier alpha value is -1.95. The second-order valence-electron chi connectivity index (χ2n) is 6.09. The smallest absolute Gasteiger partial charge is 0.231 e. The molecule has 0 atom stereocenters. The van der Waals surface area contributed by atoms with Gasteiger partial charge >= 0.3 is 0 Å². The average Bonchev–Trinajstić information content (AvgIpc) is 2.96. The lowest BCUT2D eigenvalue weighted by Crippen LogP contribution is -2.51. The first kappa shape index (κ1) is 15.0. The Labute approximate surface area is 130 Å². The van der Waals surface area contributed by atoms with Gasteiger partial charge in [-0.3, -0.25) is 4.99 Å². The van der Waals surface area contributed by atoms with E-state index in [-0.39, 0.29) is 5.41 Å². The molecular formula is C16H23N3O3. The molecule has 120 valence electrons. The number of nitrogens with one attached hydrogen (secondary N) is 2. The number of guanidine groups is 1. The van der Waals surface area contributed by atoms with Crippen LogP contribution in [0, 0.1) is 5.41 Å². The number of rotatable bonds is 5. The van der Waals surface area contributed by atoms with E-state index in [1.165, 1.54) is 5.56 Å². The number of nitrogens with zero attached hydrogens (tertiary/aromatic N) is 1. The lowest BCUT2D eigenvalue weighted by atomic mass is 9.89. The van der Waals surface area contributed by atoms with Crippen molar-refractivity contribution in [2.75, 3.05) is 40.1 Å². The van der Waals surface area contributed by atoms with E-state index in [0.717, 1.165) is 50.2 Å². The minimum absolute atomic E-state index is 0.231. The van der Waals surface area contributed by atoms with Crippen molar-refractivity contribution in [1.29, 1.82) is 0 Å². The molecule has 1 saturated heterocycles. The zero-order valence-corrected chi connectivity index (χ0v) is 13.1. The third-order valence-electron chi connectivity index (χ3n) is 3.95. The summed E-state index contributed by atoms with van der Waals surface area (Å²) < 4.78 is 16.0. The van der Waals surface area contributed by atoms with Crippen LogP contribution in [0.1, 0.15) is 12.5 Å². The minimum Gasteiger partial charge on any atom is -0.454 e. The van der Waals surface area contributed by atoms with E-state index in [9.17, 15) is 0 Å². The molecule has 6 heteroatoms. The van der Waals surface area contributed by atoms with Crippen molar-refractivity contribution in [3.63, 3.8) is 0 Å². The van der Waals surface area contributed by atoms with Gasteiger partial charge in [0.2, 0.25) is 6.79 Å². The molecule has 3 rings (SSSR count). The van der Waals surface area contributed by atoms with Gasteiger partial charge < -0.3 is 24.8 Å². The molecule has 0 aromatic heterocycles. The molecule has 0 aliphatic carbocycles. The first-order valence-corrected chi connectivity index (χ1v) is 7.59. The molecule has 0 bridgehead atoms. The summed E-state index contributed by atoms with van der Waals surface area (Å²) >= 11 is 0. The fourth-order valence-corrected chi connectivity index (χ4v) is 2.49. The highest BCUT2D eigenvalue weighted by molar-refractivity contribution is 5.79. The third kappa shape index (κ3) is 3.44. The van der Waals surface area contributed by atoms with Gasteiger partial charge in [-0.2, -0.15) is 0 Å². The molecule has 1 aromatic rings. The molecule has 1 aromatic carbocycles. The number of fused-ring (bicyclic) bond motifs is 1. The number of hydrogen-bond donors (Lipinski definition) is 2. The molecule has 0 saturated carbocycles. The van der Waals surface area contributed by atoms with Crippen LogP contribution >= 0.6 is 0 Å². The Morgan fingerprint density at radius 2 is 2.05 bits per heavy atom. The Bertz CT molecular complexity index is 556. The zero-order valence-electron chi connectivity index (χ0n) is 13.1. The summed E-state index contributed by atoms with van der Waals surface area (Å²) in [6.45, 7) is 5.84. The minimum atomic E-state index is 0.231. The van der Waals surface area contributed by atoms with Gasteiger partial charge in [-0.1, -0.05) is 13.0 Å². The van der Waals surface area contributed by atoms with Gasteiger partial charge in [-0.15, -0.1) is 0 Å². The lowest BCUT2D eigenvalue weighted by Gasteiger charge is -2.38. The molecule has 0 amide bonds. The monoisotopic (exact) mass is 305 g/mol. The Balaban J connectivity index is 1.43. The third-order valence-corrected chi connectivity index (χ3v) is 3.95. The van der Waals surface area contributed by atoms with Crippen molar-refractivity contribution in [2.24, 2.45) is 10.4 Å². The van der Waals surface area contributed by atoms with E-state index in [0.29, 0.717) is 6.79 Å². The largest absolute Gasteiger partial charge is 0.454 e. The van der Waals surface area contributed by atoms with Gasteiger partial charge in [0.15, 0.2) is 17.5 Å². The zero-order chi connectivity index (χ0) is 15.4. The van der Waals surface area contributed by atoms with Crippen molar-refractivity contribution in [3.8, 4) is 11.5 Å². The predicted octanol–water partition coefficient (Wildman–Crippen LogP) is 1.16. The van der Waals surface area contributed by atoms with Crippen LogP contribution in [-0.2, 0) is 11.2 Å². The number of ether oxygens (including phenoxy) is 3. The van der Waals surface area contributed by atoms with E-state index >= 15 is 0 Å². The van der Waals surface area contributed by atoms with Crippen LogP contribution in [0.5, 0.6) is 11.5 Å². The van der Waals surface area contributed by atoms with E-state index < -0.39 is 0 Å². The molecule has 2 heterocycles. The SMILES string of the molecule is CN=C(NCCc1ccc2c(c1)OCO2)NCC1(C)COC1. The van der Waals surface area contributed by atoms with Crippen LogP contribution in [0.4, 0.5) is 0 Å². The van der Waals surface area contributed by atoms with Crippen molar-refractivity contribution in [2.45, 2.75) is 13.3 Å². The molecular weight excluding hydrogens is 282 g/mol. The summed E-state index contributed by atoms with van der Waals surface area (Å²) in [4.78, 5) is 4.25. The van der Waals surface area contributed by atoms with Crippen LogP contribution in [0.3, 0.4) is 0 Å². The standard InChI is InChI=1S/C16H23N3O3/c1-16(9-20-10-16)8-19-15(17-2)18-6-5-12-3-4-13-14(7-12)22-11-21-13/h3-4,7H,5-6,8-11H2,1-2H3,(H2,17,18,19). The van der Waals surface area contributed by atoms with Crippen molar-refractivity contribution >= 4 is 5.96 Å². The van der Waals surface area contributed by atoms with Crippen LogP contribution in [0.15, 0.2) is 23.2 Å². The molecule has 2 aliphatic rings. The summed E-state index contributed by atoms with van der Waals surface area (Å²) in [6, 6.07) is 6.06. The van der Waals surface area contributed by atoms with Crippen LogP contribution in [0.2, 0.25) is 0 Å². The molecule has 0 spiro atoms. The van der Waals surface area contributed by atoms with Gasteiger partial charge in [-0.05, 0) is 24.1 Å². The first-order chi connectivity index (χ1) is 10.7. The van der Waals surface area contributed by atoms with E-state index in [4.69, 9.17) is 14.2 Å². The molecule has 6 nitrogen and oxygen atoms in total. The molecule has 2 N–H and O–H groups in total. The lowest BCUT2D eigenvalue weighted by molar-refractivity contribution is -0.0971. The number of benzene rings is 1. The van der Waals surface area contributed by atoms with Gasteiger partial charge in [0, 0.05) is 25.6 Å². The number of aliphatic imine (C=N–C) groups is 1. The maximum atomic E-state index is 5.39. The van der Waals surface area contributed by atoms with Gasteiger partial charge in [-0.25, -0.2) is 0 Å². The highest BCUT2D eigenvalue weighted by Gasteiger charge is 2.33. The van der Waals surface area contributed by atoms with Crippen LogP contribution in [-0.4, -0.2) is 46.1 Å². The Morgan fingerprint density at radius 3 is 2.77 bits per heavy atom. The topological polar surface area (TPSA) is 64.1 Å². The molecule has 2 aliphatic heterocycles. The van der Waals surface area contributed by atoms with Gasteiger partial charge in [0.1, 0.15) is 0 Å². The summed E-state index contributed by atoms with van der Waals surface area (Å²) in [5.74, 6) is 2.48. The Kier molecular flexibility index (Phi) is 4.38. The van der Waals surface area contributed by atoms with Crippen molar-refractivity contribution in [1.82, 2.24) is 10.6 Å². The highest BCUT2D eigenvalue weighted by atomic mass is 16.7. The average molecular weight is 305 g/mol. The normalized spacial score (nSPS) is 18.7. The quantitative estimate of drug-likeness (QED) is 0.631. The second kappa shape index (κ2) is 6.44. The molecule has 1 fully saturated rings. The highest BCUT2D eigenvalue weighted by Crippen LogP contribution is 2.32. The van der Waals surface area contributed by atoms with E-state index in [2.05, 4.69) is 28.6 Å². The number of hydrogen-bond acceptors (Lipinski definition) is 4. The molecule has 0 radical (unpaired) electrons. The molecule has 22 heavy (non-hydrogen) atoms. The van der Waals surface area contributed by atoms with Gasteiger partial charge in [0.25, 0.3) is 0 Å². The second-order valence-corrected chi connectivity index (χ2v) is 6.09. The fourth-order valence-electron chi connectivity index (χ4n) is 2.49. The van der Waals surface area contributed by atoms with Crippen molar-refractivity contribution < 1.29 is 14.2 Å². The van der Waals surface area contributed by atoms with Gasteiger partial charge in [0.05, 0.1) is 13.2 Å². The summed E-state index contributed by atoms with van der Waals surface area (Å²) in [5.41, 5.74) is 1.45. The van der Waals surface area contributed by atoms with E-state index in [1.807, 2.05) is 12.1 Å². The van der Waals surface area contributed by atoms with Crippen LogP contribution < -0.4 is 20.1 Å². The van der Waals surface area contributed by atoms with Crippen LogP contribution in [0.25, 0.3) is 0 Å². The summed E-state index contributed by atoms with van der Waals surface area (Å²) in [7, 11) is 1.79. The maximum absolute atomic E-state index is 5.39. The maximum Gasteiger partial charge on any atom is 0.231 e. The first-order valence-electron chi connectivity index (χ1n) is 7.59. The predicted molar refractivity (Wildman–Crippen MR) is 84.6 cm³/mol. The van der Waals surface area contributed by atoms with E-state index in [1.54, 1.807) is 7.05 Å². The fraction of sp³-hybridized carbons (Fsp3) is 0.562.